The zero-order chi connectivity index (χ0) is 21.7. The lowest BCUT2D eigenvalue weighted by Gasteiger charge is -2.47. The molecule has 5 nitrogen and oxygen atoms in total. The molecule has 0 unspecified atom stereocenters. The Bertz CT molecular complexity index is 752. The van der Waals surface area contributed by atoms with Gasteiger partial charge in [0.25, 0.3) is 0 Å². The molecule has 2 rings (SSSR count). The van der Waals surface area contributed by atoms with Crippen molar-refractivity contribution in [2.75, 3.05) is 6.61 Å². The fraction of sp³-hybridized carbons (Fsp3) is 0.636. The van der Waals surface area contributed by atoms with Gasteiger partial charge in [0.2, 0.25) is 0 Å². The summed E-state index contributed by atoms with van der Waals surface area (Å²) in [7, 11) is -5.39. The molecule has 1 heterocycles. The lowest BCUT2D eigenvalue weighted by molar-refractivity contribution is -0.154. The predicted octanol–water partition coefficient (Wildman–Crippen LogP) is 4.40. The van der Waals surface area contributed by atoms with E-state index in [9.17, 15) is 13.5 Å². The zero-order valence-electron chi connectivity index (χ0n) is 18.2. The number of aliphatic hydroxyl groups excluding tert-OH is 1. The van der Waals surface area contributed by atoms with E-state index in [1.54, 1.807) is 36.4 Å². The highest BCUT2D eigenvalue weighted by Crippen LogP contribution is 2.37. The van der Waals surface area contributed by atoms with Crippen LogP contribution in [0.25, 0.3) is 0 Å². The molecule has 0 saturated carbocycles. The molecule has 1 aromatic rings. The van der Waals surface area contributed by atoms with Gasteiger partial charge in [-0.1, -0.05) is 52.8 Å². The van der Waals surface area contributed by atoms with Crippen molar-refractivity contribution in [1.82, 2.24) is 0 Å². The maximum absolute atomic E-state index is 12.6. The van der Waals surface area contributed by atoms with E-state index in [2.05, 4.69) is 34.6 Å². The van der Waals surface area contributed by atoms with Crippen molar-refractivity contribution < 1.29 is 22.7 Å². The molecule has 29 heavy (non-hydrogen) atoms. The summed E-state index contributed by atoms with van der Waals surface area (Å²) >= 11 is 0. The van der Waals surface area contributed by atoms with Crippen LogP contribution < -0.4 is 0 Å². The molecule has 1 aliphatic rings. The Kier molecular flexibility index (Phi) is 8.67. The lowest BCUT2D eigenvalue weighted by Crippen LogP contribution is -2.55. The second-order valence-corrected chi connectivity index (χ2v) is 14.6. The van der Waals surface area contributed by atoms with Crippen LogP contribution >= 0.6 is 0 Å². The minimum absolute atomic E-state index is 0.00783. The molecule has 1 aliphatic heterocycles. The standard InChI is InChI=1S/C22H36O5SSi/c1-6-29(7-2,8-3)27-22-17(4)20(26-21(16-23)18(22)5)14-15-28(24,25)19-12-10-9-11-13-19/h9-15,17-18,20-23H,6-8,16H2,1-5H3/b15-14+/t17-,18+,20+,21-,22-/m1/s1. The normalized spacial score (nSPS) is 28.7. The number of ether oxygens (including phenoxy) is 1. The van der Waals surface area contributed by atoms with Crippen LogP contribution in [0, 0.1) is 11.8 Å². The molecule has 0 radical (unpaired) electrons. The molecule has 5 atom stereocenters. The van der Waals surface area contributed by atoms with Crippen molar-refractivity contribution >= 4 is 18.2 Å². The largest absolute Gasteiger partial charge is 0.413 e. The molecule has 7 heteroatoms. The maximum Gasteiger partial charge on any atom is 0.199 e. The molecule has 0 amide bonds. The minimum Gasteiger partial charge on any atom is -0.413 e. The average Bonchev–Trinajstić information content (AvgIpc) is 2.74. The first kappa shape index (κ1) is 24.3. The third-order valence-electron chi connectivity index (χ3n) is 6.49. The lowest BCUT2D eigenvalue weighted by atomic mass is 9.83. The number of aliphatic hydroxyl groups is 1. The second-order valence-electron chi connectivity index (χ2n) is 8.05. The summed E-state index contributed by atoms with van der Waals surface area (Å²) in [5.41, 5.74) is 0. The fourth-order valence-corrected chi connectivity index (χ4v) is 8.19. The SMILES string of the molecule is CC[Si](CC)(CC)O[C@H]1[C@@H](C)[C@@H](CO)O[C@@H](/C=C/S(=O)(=O)c2ccccc2)[C@H]1C. The van der Waals surface area contributed by atoms with E-state index < -0.39 is 24.3 Å². The third kappa shape index (κ3) is 5.58. The van der Waals surface area contributed by atoms with Crippen LogP contribution in [-0.2, 0) is 19.0 Å². The summed E-state index contributed by atoms with van der Waals surface area (Å²) in [5, 5.41) is 11.1. The van der Waals surface area contributed by atoms with Crippen molar-refractivity contribution in [2.45, 2.75) is 76.0 Å². The molecule has 1 saturated heterocycles. The maximum atomic E-state index is 12.6. The van der Waals surface area contributed by atoms with Crippen LogP contribution in [0.1, 0.15) is 34.6 Å². The van der Waals surface area contributed by atoms with Gasteiger partial charge in [0, 0.05) is 17.2 Å². The van der Waals surface area contributed by atoms with E-state index in [1.165, 1.54) is 5.41 Å². The molecule has 1 fully saturated rings. The van der Waals surface area contributed by atoms with Gasteiger partial charge in [-0.15, -0.1) is 0 Å². The molecular formula is C22H36O5SSi. The molecule has 0 aromatic heterocycles. The van der Waals surface area contributed by atoms with Gasteiger partial charge in [0.1, 0.15) is 0 Å². The molecular weight excluding hydrogens is 404 g/mol. The molecule has 1 N–H and O–H groups in total. The summed E-state index contributed by atoms with van der Waals surface area (Å²) in [5.74, 6) is 0.0356. The van der Waals surface area contributed by atoms with Crippen LogP contribution in [0.2, 0.25) is 18.1 Å². The summed E-state index contributed by atoms with van der Waals surface area (Å²) in [4.78, 5) is 0.258. The highest BCUT2D eigenvalue weighted by Gasteiger charge is 2.44. The van der Waals surface area contributed by atoms with Gasteiger partial charge in [-0.25, -0.2) is 8.42 Å². The van der Waals surface area contributed by atoms with Crippen LogP contribution in [0.3, 0.4) is 0 Å². The molecule has 1 aromatic carbocycles. The predicted molar refractivity (Wildman–Crippen MR) is 119 cm³/mol. The Labute approximate surface area is 177 Å². The Hall–Kier alpha value is -0.993. The Morgan fingerprint density at radius 1 is 1.07 bits per heavy atom. The number of benzene rings is 1. The van der Waals surface area contributed by atoms with Crippen LogP contribution in [-0.4, -0.2) is 46.8 Å². The van der Waals surface area contributed by atoms with Crippen molar-refractivity contribution in [3.05, 3.63) is 41.8 Å². The van der Waals surface area contributed by atoms with Gasteiger partial charge in [-0.2, -0.15) is 0 Å². The highest BCUT2D eigenvalue weighted by atomic mass is 32.2. The van der Waals surface area contributed by atoms with E-state index in [-0.39, 0.29) is 35.5 Å². The van der Waals surface area contributed by atoms with Crippen LogP contribution in [0.4, 0.5) is 0 Å². The van der Waals surface area contributed by atoms with Gasteiger partial charge in [-0.3, -0.25) is 0 Å². The summed E-state index contributed by atoms with van der Waals surface area (Å²) in [6.07, 6.45) is 0.749. The summed E-state index contributed by atoms with van der Waals surface area (Å²) in [6, 6.07) is 11.5. The van der Waals surface area contributed by atoms with Gasteiger partial charge in [0.15, 0.2) is 18.2 Å². The number of sulfone groups is 1. The van der Waals surface area contributed by atoms with Crippen LogP contribution in [0.5, 0.6) is 0 Å². The third-order valence-corrected chi connectivity index (χ3v) is 12.6. The molecule has 0 bridgehead atoms. The van der Waals surface area contributed by atoms with Crippen molar-refractivity contribution in [3.8, 4) is 0 Å². The van der Waals surface area contributed by atoms with Gasteiger partial charge in [-0.05, 0) is 36.3 Å². The van der Waals surface area contributed by atoms with E-state index >= 15 is 0 Å². The van der Waals surface area contributed by atoms with Crippen molar-refractivity contribution in [3.63, 3.8) is 0 Å². The number of hydrogen-bond acceptors (Lipinski definition) is 5. The van der Waals surface area contributed by atoms with E-state index in [1.807, 2.05) is 0 Å². The van der Waals surface area contributed by atoms with Gasteiger partial charge in [0.05, 0.1) is 29.8 Å². The van der Waals surface area contributed by atoms with E-state index in [0.717, 1.165) is 18.1 Å². The van der Waals surface area contributed by atoms with Gasteiger partial charge >= 0.3 is 0 Å². The first-order chi connectivity index (χ1) is 13.7. The summed E-state index contributed by atoms with van der Waals surface area (Å²) in [6.45, 7) is 10.6. The summed E-state index contributed by atoms with van der Waals surface area (Å²) < 4.78 is 38.1. The van der Waals surface area contributed by atoms with Gasteiger partial charge < -0.3 is 14.3 Å². The first-order valence-corrected chi connectivity index (χ1v) is 14.7. The first-order valence-electron chi connectivity index (χ1n) is 10.7. The smallest absolute Gasteiger partial charge is 0.199 e. The fourth-order valence-electron chi connectivity index (χ4n) is 4.13. The Morgan fingerprint density at radius 2 is 1.66 bits per heavy atom. The van der Waals surface area contributed by atoms with Crippen molar-refractivity contribution in [2.24, 2.45) is 11.8 Å². The molecule has 0 aliphatic carbocycles. The second kappa shape index (κ2) is 10.4. The monoisotopic (exact) mass is 440 g/mol. The number of rotatable bonds is 9. The zero-order valence-corrected chi connectivity index (χ0v) is 20.1. The highest BCUT2D eigenvalue weighted by molar-refractivity contribution is 7.94. The molecule has 0 spiro atoms. The topological polar surface area (TPSA) is 72.8 Å². The van der Waals surface area contributed by atoms with E-state index in [4.69, 9.17) is 9.16 Å². The number of hydrogen-bond donors (Lipinski definition) is 1. The average molecular weight is 441 g/mol. The Balaban J connectivity index is 2.28. The quantitative estimate of drug-likeness (QED) is 0.576. The van der Waals surface area contributed by atoms with Crippen molar-refractivity contribution in [1.29, 1.82) is 0 Å². The van der Waals surface area contributed by atoms with Crippen LogP contribution in [0.15, 0.2) is 46.7 Å². The minimum atomic E-state index is -3.54. The Morgan fingerprint density at radius 3 is 2.17 bits per heavy atom. The van der Waals surface area contributed by atoms with E-state index in [0.29, 0.717) is 0 Å². The molecule has 164 valence electrons.